The van der Waals surface area contributed by atoms with Crippen molar-refractivity contribution in [1.82, 2.24) is 18.3 Å². The van der Waals surface area contributed by atoms with Gasteiger partial charge in [0.05, 0.1) is 22.1 Å². The van der Waals surface area contributed by atoms with Crippen molar-refractivity contribution < 1.29 is 0 Å². The number of hydrogen-bond donors (Lipinski definition) is 0. The Kier molecular flexibility index (Phi) is 7.82. The van der Waals surface area contributed by atoms with E-state index in [4.69, 9.17) is 0 Å². The van der Waals surface area contributed by atoms with E-state index in [0.717, 1.165) is 55.6 Å². The van der Waals surface area contributed by atoms with Crippen LogP contribution in [0.5, 0.6) is 0 Å². The summed E-state index contributed by atoms with van der Waals surface area (Å²) in [4.78, 5) is 0. The Bertz CT molecular complexity index is 4020. The van der Waals surface area contributed by atoms with Crippen molar-refractivity contribution in [2.45, 2.75) is 0 Å². The number of fused-ring (bicyclic) bond motifs is 13. The highest BCUT2D eigenvalue weighted by Crippen LogP contribution is 2.39. The number of rotatable bonds is 4. The van der Waals surface area contributed by atoms with Crippen LogP contribution >= 0.6 is 11.3 Å². The van der Waals surface area contributed by atoms with Gasteiger partial charge in [-0.05, 0) is 144 Å². The molecule has 0 saturated carbocycles. The molecular formula is C60H38N4S. The average molecular weight is 847 g/mol. The van der Waals surface area contributed by atoms with Crippen LogP contribution in [0.2, 0.25) is 0 Å². The largest absolute Gasteiger partial charge is 0.310 e. The number of hydrogen-bond acceptors (Lipinski definition) is 1. The topological polar surface area (TPSA) is 19.7 Å². The summed E-state index contributed by atoms with van der Waals surface area (Å²) < 4.78 is 12.2. The predicted octanol–water partition coefficient (Wildman–Crippen LogP) is 16.4. The molecule has 0 aliphatic carbocycles. The molecule has 4 aromatic heterocycles. The van der Waals surface area contributed by atoms with Gasteiger partial charge in [0.2, 0.25) is 0 Å². The van der Waals surface area contributed by atoms with Gasteiger partial charge in [0.1, 0.15) is 0 Å². The molecule has 5 heteroatoms. The molecule has 0 aliphatic rings. The van der Waals surface area contributed by atoms with Crippen LogP contribution in [-0.4, -0.2) is 18.3 Å². The lowest BCUT2D eigenvalue weighted by Crippen LogP contribution is -1.98. The second-order valence-electron chi connectivity index (χ2n) is 17.0. The van der Waals surface area contributed by atoms with Crippen molar-refractivity contribution >= 4 is 108 Å². The monoisotopic (exact) mass is 846 g/mol. The fourth-order valence-corrected chi connectivity index (χ4v) is 11.6. The standard InChI is InChI=1S/C60H38N4S/c1-3-15-41(16-4-1)63-55-23-9-7-21-49(55)51-35-45(25-29-57(51)63)61-43-19-11-13-39(33-43)40-14-12-20-44(34-40)62(48-28-32-60-54(38-48)53-37-47(61)27-31-59(53)65-60)46-26-30-58-52(36-46)50-22-8-10-24-56(50)64(58)42-17-5-2-6-18-42/h1-38H. The minimum atomic E-state index is 1.10. The van der Waals surface area contributed by atoms with E-state index in [1.807, 2.05) is 11.3 Å². The Balaban J connectivity index is 1.06. The van der Waals surface area contributed by atoms with Crippen LogP contribution in [0.3, 0.4) is 0 Å². The van der Waals surface area contributed by atoms with E-state index in [9.17, 15) is 0 Å². The van der Waals surface area contributed by atoms with Crippen molar-refractivity contribution in [3.8, 4) is 22.7 Å². The molecule has 0 radical (unpaired) electrons. The highest BCUT2D eigenvalue weighted by Gasteiger charge is 2.17. The van der Waals surface area contributed by atoms with Crippen LogP contribution in [0.15, 0.2) is 231 Å². The first-order valence-corrected chi connectivity index (χ1v) is 23.0. The van der Waals surface area contributed by atoms with E-state index in [0.29, 0.717) is 0 Å². The zero-order valence-electron chi connectivity index (χ0n) is 35.1. The molecule has 65 heavy (non-hydrogen) atoms. The Labute approximate surface area is 377 Å². The molecule has 304 valence electrons. The number of nitrogens with zero attached hydrogens (tertiary/aromatic N) is 4. The second-order valence-corrected chi connectivity index (χ2v) is 18.1. The smallest absolute Gasteiger partial charge is 0.0542 e. The quantitative estimate of drug-likeness (QED) is 0.168. The van der Waals surface area contributed by atoms with Crippen molar-refractivity contribution in [1.29, 1.82) is 0 Å². The lowest BCUT2D eigenvalue weighted by molar-refractivity contribution is 1.15. The molecule has 0 spiro atoms. The second kappa shape index (κ2) is 14.1. The van der Waals surface area contributed by atoms with Gasteiger partial charge in [-0.15, -0.1) is 11.3 Å². The zero-order chi connectivity index (χ0) is 42.6. The maximum Gasteiger partial charge on any atom is 0.0542 e. The van der Waals surface area contributed by atoms with Gasteiger partial charge in [0, 0.05) is 86.5 Å². The third kappa shape index (κ3) is 5.56. The molecule has 10 aromatic carbocycles. The summed E-state index contributed by atoms with van der Waals surface area (Å²) in [6.07, 6.45) is 0. The average Bonchev–Trinajstić information content (AvgIpc) is 4.02. The molecule has 0 atom stereocenters. The van der Waals surface area contributed by atoms with Crippen LogP contribution < -0.4 is 0 Å². The molecule has 4 heterocycles. The molecule has 4 nitrogen and oxygen atoms in total. The first-order chi connectivity index (χ1) is 32.2. The molecule has 0 saturated heterocycles. The van der Waals surface area contributed by atoms with E-state index >= 15 is 0 Å². The van der Waals surface area contributed by atoms with Gasteiger partial charge in [-0.25, -0.2) is 0 Å². The molecule has 0 aliphatic heterocycles. The molecule has 8 bridgehead atoms. The van der Waals surface area contributed by atoms with Crippen LogP contribution in [0.25, 0.3) is 119 Å². The normalized spacial score (nSPS) is 12.0. The van der Waals surface area contributed by atoms with Gasteiger partial charge in [0.15, 0.2) is 0 Å². The van der Waals surface area contributed by atoms with E-state index in [2.05, 4.69) is 249 Å². The first kappa shape index (κ1) is 36.1. The summed E-state index contributed by atoms with van der Waals surface area (Å²) in [5.74, 6) is 0. The SMILES string of the molecule is c1ccc(-n2c3ccccc3c3cc(-n4c5cccc(c5)c5cccc(c5)n(-c5ccc6c(c5)c5ccccc5n6-c5ccccc5)c5ccc6sc7ccc4cc7c6c5)ccc32)cc1. The van der Waals surface area contributed by atoms with E-state index in [-0.39, 0.29) is 0 Å². The van der Waals surface area contributed by atoms with E-state index in [1.54, 1.807) is 0 Å². The lowest BCUT2D eigenvalue weighted by Gasteiger charge is -2.14. The lowest BCUT2D eigenvalue weighted by atomic mass is 10.1. The van der Waals surface area contributed by atoms with Crippen LogP contribution in [0.1, 0.15) is 0 Å². The van der Waals surface area contributed by atoms with E-state index in [1.165, 1.54) is 63.8 Å². The number of para-hydroxylation sites is 4. The summed E-state index contributed by atoms with van der Waals surface area (Å²) in [6, 6.07) is 85.0. The first-order valence-electron chi connectivity index (χ1n) is 22.2. The third-order valence-corrected chi connectivity index (χ3v) is 14.5. The number of aromatic nitrogens is 4. The molecule has 0 N–H and O–H groups in total. The van der Waals surface area contributed by atoms with Gasteiger partial charge in [0.25, 0.3) is 0 Å². The van der Waals surface area contributed by atoms with Gasteiger partial charge >= 0.3 is 0 Å². The minimum absolute atomic E-state index is 1.10. The van der Waals surface area contributed by atoms with Crippen molar-refractivity contribution in [3.63, 3.8) is 0 Å². The molecule has 14 aromatic rings. The van der Waals surface area contributed by atoms with Crippen LogP contribution in [-0.2, 0) is 0 Å². The maximum atomic E-state index is 2.44. The Morgan fingerprint density at radius 3 is 1.12 bits per heavy atom. The van der Waals surface area contributed by atoms with Gasteiger partial charge < -0.3 is 18.3 Å². The van der Waals surface area contributed by atoms with Crippen LogP contribution in [0.4, 0.5) is 0 Å². The number of thiophene rings is 1. The van der Waals surface area contributed by atoms with Crippen LogP contribution in [0, 0.1) is 0 Å². The summed E-state index contributed by atoms with van der Waals surface area (Å²) in [6.45, 7) is 0. The highest BCUT2D eigenvalue weighted by molar-refractivity contribution is 7.25. The molecule has 0 fully saturated rings. The fourth-order valence-electron chi connectivity index (χ4n) is 10.5. The van der Waals surface area contributed by atoms with Gasteiger partial charge in [-0.2, -0.15) is 0 Å². The summed E-state index contributed by atoms with van der Waals surface area (Å²) in [5.41, 5.74) is 13.8. The fraction of sp³-hybridized carbons (Fsp3) is 0. The third-order valence-electron chi connectivity index (χ3n) is 13.4. The maximum absolute atomic E-state index is 2.44. The molecule has 14 rings (SSSR count). The molecule has 0 amide bonds. The van der Waals surface area contributed by atoms with Crippen molar-refractivity contribution in [2.24, 2.45) is 0 Å². The van der Waals surface area contributed by atoms with Crippen molar-refractivity contribution in [2.75, 3.05) is 0 Å². The highest BCUT2D eigenvalue weighted by atomic mass is 32.1. The summed E-state index contributed by atoms with van der Waals surface area (Å²) in [5, 5.41) is 9.72. The Morgan fingerprint density at radius 2 is 0.646 bits per heavy atom. The Morgan fingerprint density at radius 1 is 0.231 bits per heavy atom. The molecule has 0 unspecified atom stereocenters. The zero-order valence-corrected chi connectivity index (χ0v) is 36.0. The number of benzene rings is 10. The van der Waals surface area contributed by atoms with Gasteiger partial charge in [-0.1, -0.05) is 97.1 Å². The predicted molar refractivity (Wildman–Crippen MR) is 277 cm³/mol. The Hall–Kier alpha value is -8.38. The molecular weight excluding hydrogens is 809 g/mol. The van der Waals surface area contributed by atoms with Crippen molar-refractivity contribution in [3.05, 3.63) is 231 Å². The summed E-state index contributed by atoms with van der Waals surface area (Å²) >= 11 is 1.86. The summed E-state index contributed by atoms with van der Waals surface area (Å²) in [7, 11) is 0. The van der Waals surface area contributed by atoms with Gasteiger partial charge in [-0.3, -0.25) is 0 Å². The van der Waals surface area contributed by atoms with E-state index < -0.39 is 0 Å². The minimum Gasteiger partial charge on any atom is -0.310 e.